The first-order chi connectivity index (χ1) is 9.33. The van der Waals surface area contributed by atoms with Gasteiger partial charge in [-0.1, -0.05) is 6.58 Å². The summed E-state index contributed by atoms with van der Waals surface area (Å²) in [7, 11) is 0. The Labute approximate surface area is 117 Å². The van der Waals surface area contributed by atoms with E-state index in [0.717, 1.165) is 5.57 Å². The van der Waals surface area contributed by atoms with Crippen LogP contribution in [0.5, 0.6) is 0 Å². The van der Waals surface area contributed by atoms with Crippen molar-refractivity contribution >= 4 is 5.97 Å². The van der Waals surface area contributed by atoms with Gasteiger partial charge in [0.1, 0.15) is 12.2 Å². The molecular weight excluding hydrogens is 260 g/mol. The second kappa shape index (κ2) is 4.41. The Morgan fingerprint density at radius 1 is 1.45 bits per heavy atom. The molecule has 2 heterocycles. The number of esters is 1. The molecule has 0 bridgehead atoms. The molecule has 0 saturated carbocycles. The molecule has 3 aliphatic rings. The van der Waals surface area contributed by atoms with Crippen molar-refractivity contribution < 1.29 is 24.5 Å². The van der Waals surface area contributed by atoms with Gasteiger partial charge in [0.25, 0.3) is 0 Å². The van der Waals surface area contributed by atoms with E-state index in [0.29, 0.717) is 12.8 Å². The van der Waals surface area contributed by atoms with Crippen LogP contribution in [0.25, 0.3) is 0 Å². The first-order valence-corrected chi connectivity index (χ1v) is 6.95. The monoisotopic (exact) mass is 280 g/mol. The summed E-state index contributed by atoms with van der Waals surface area (Å²) in [5, 5.41) is 20.6. The maximum atomic E-state index is 11.7. The average molecular weight is 280 g/mol. The van der Waals surface area contributed by atoms with Crippen LogP contribution in [-0.2, 0) is 14.3 Å². The highest BCUT2D eigenvalue weighted by Crippen LogP contribution is 2.48. The number of hydrogen-bond acceptors (Lipinski definition) is 5. The summed E-state index contributed by atoms with van der Waals surface area (Å²) in [4.78, 5) is 11.7. The Morgan fingerprint density at radius 3 is 2.85 bits per heavy atom. The number of hydrogen-bond donors (Lipinski definition) is 2. The van der Waals surface area contributed by atoms with Crippen molar-refractivity contribution in [3.8, 4) is 0 Å². The normalized spacial score (nSPS) is 50.6. The molecule has 2 aliphatic heterocycles. The minimum Gasteiger partial charge on any atom is -0.454 e. The van der Waals surface area contributed by atoms with Crippen molar-refractivity contribution in [3.63, 3.8) is 0 Å². The smallest absolute Gasteiger partial charge is 0.334 e. The molecule has 5 heteroatoms. The van der Waals surface area contributed by atoms with Crippen molar-refractivity contribution in [3.05, 3.63) is 23.8 Å². The molecular formula is C15H20O5. The fourth-order valence-electron chi connectivity index (χ4n) is 3.24. The molecule has 0 aromatic rings. The van der Waals surface area contributed by atoms with Crippen molar-refractivity contribution in [1.82, 2.24) is 0 Å². The van der Waals surface area contributed by atoms with Gasteiger partial charge in [0.05, 0.1) is 23.7 Å². The number of carbonyl (C=O) groups is 1. The second-order valence-corrected chi connectivity index (χ2v) is 6.23. The number of rotatable bonds is 0. The van der Waals surface area contributed by atoms with Gasteiger partial charge in [0, 0.05) is 5.57 Å². The van der Waals surface area contributed by atoms with Crippen molar-refractivity contribution in [2.75, 3.05) is 0 Å². The highest BCUT2D eigenvalue weighted by molar-refractivity contribution is 5.91. The fraction of sp³-hybridized carbons (Fsp3) is 0.667. The fourth-order valence-corrected chi connectivity index (χ4v) is 3.24. The van der Waals surface area contributed by atoms with Crippen LogP contribution in [0.4, 0.5) is 0 Å². The van der Waals surface area contributed by atoms with E-state index in [2.05, 4.69) is 6.58 Å². The predicted octanol–water partition coefficient (Wildman–Crippen LogP) is 0.704. The number of ether oxygens (including phenoxy) is 2. The summed E-state index contributed by atoms with van der Waals surface area (Å²) in [5.41, 5.74) is 0.589. The van der Waals surface area contributed by atoms with Gasteiger partial charge >= 0.3 is 5.97 Å². The molecule has 6 atom stereocenters. The largest absolute Gasteiger partial charge is 0.454 e. The van der Waals surface area contributed by atoms with Gasteiger partial charge in [-0.05, 0) is 38.3 Å². The summed E-state index contributed by atoms with van der Waals surface area (Å²) in [6, 6.07) is 0. The molecule has 20 heavy (non-hydrogen) atoms. The molecule has 110 valence electrons. The van der Waals surface area contributed by atoms with Crippen LogP contribution in [0.15, 0.2) is 23.8 Å². The van der Waals surface area contributed by atoms with Gasteiger partial charge in [-0.15, -0.1) is 0 Å². The molecule has 1 aliphatic carbocycles. The summed E-state index contributed by atoms with van der Waals surface area (Å²) in [6.45, 7) is 7.46. The van der Waals surface area contributed by atoms with E-state index in [1.54, 1.807) is 13.0 Å². The van der Waals surface area contributed by atoms with E-state index in [1.165, 1.54) is 0 Å². The van der Waals surface area contributed by atoms with E-state index in [-0.39, 0.29) is 11.7 Å². The Kier molecular flexibility index (Phi) is 3.04. The highest BCUT2D eigenvalue weighted by Gasteiger charge is 2.60. The molecule has 0 unspecified atom stereocenters. The van der Waals surface area contributed by atoms with Crippen LogP contribution in [0.3, 0.4) is 0 Å². The van der Waals surface area contributed by atoms with E-state index in [9.17, 15) is 15.0 Å². The zero-order chi connectivity index (χ0) is 14.7. The third-order valence-electron chi connectivity index (χ3n) is 4.75. The topological polar surface area (TPSA) is 79.3 Å². The van der Waals surface area contributed by atoms with Crippen LogP contribution in [0, 0.1) is 5.92 Å². The van der Waals surface area contributed by atoms with E-state index >= 15 is 0 Å². The summed E-state index contributed by atoms with van der Waals surface area (Å²) in [5.74, 6) is -0.992. The zero-order valence-electron chi connectivity index (χ0n) is 11.7. The minimum atomic E-state index is -0.816. The van der Waals surface area contributed by atoms with Crippen molar-refractivity contribution in [2.45, 2.75) is 56.7 Å². The molecule has 2 saturated heterocycles. The number of fused-ring (bicyclic) bond motifs is 2. The van der Waals surface area contributed by atoms with Gasteiger partial charge < -0.3 is 19.7 Å². The standard InChI is InChI=1S/C15H20O5/c1-7-6-10-11(8(2)14(18)19-10)12(17)13-15(3,20-13)5-4-9(7)16/h6,9-13,16-17H,2,4-5H2,1,3H3/b7-6-/t9-,10+,11-,12+,13+,15-/m1/s1. The molecule has 2 fully saturated rings. The third kappa shape index (κ3) is 2.01. The predicted molar refractivity (Wildman–Crippen MR) is 70.8 cm³/mol. The van der Waals surface area contributed by atoms with Gasteiger partial charge in [-0.25, -0.2) is 4.79 Å². The zero-order valence-corrected chi connectivity index (χ0v) is 11.7. The Morgan fingerprint density at radius 2 is 2.15 bits per heavy atom. The minimum absolute atomic E-state index is 0.277. The molecule has 0 spiro atoms. The Hall–Kier alpha value is -1.17. The maximum Gasteiger partial charge on any atom is 0.334 e. The first kappa shape index (κ1) is 13.8. The lowest BCUT2D eigenvalue weighted by Gasteiger charge is -2.24. The average Bonchev–Trinajstić information content (AvgIpc) is 2.99. The van der Waals surface area contributed by atoms with E-state index in [4.69, 9.17) is 9.47 Å². The van der Waals surface area contributed by atoms with Gasteiger partial charge in [-0.3, -0.25) is 0 Å². The maximum absolute atomic E-state index is 11.7. The van der Waals surface area contributed by atoms with Crippen LogP contribution in [-0.4, -0.2) is 46.2 Å². The molecule has 2 N–H and O–H groups in total. The number of aliphatic hydroxyl groups excluding tert-OH is 2. The quantitative estimate of drug-likeness (QED) is 0.295. The molecule has 0 radical (unpaired) electrons. The van der Waals surface area contributed by atoms with Gasteiger partial charge in [-0.2, -0.15) is 0 Å². The van der Waals surface area contributed by atoms with Crippen LogP contribution in [0.1, 0.15) is 26.7 Å². The Bertz CT molecular complexity index is 496. The first-order valence-electron chi connectivity index (χ1n) is 6.95. The van der Waals surface area contributed by atoms with Crippen LogP contribution >= 0.6 is 0 Å². The highest BCUT2D eigenvalue weighted by atomic mass is 16.6. The van der Waals surface area contributed by atoms with Crippen molar-refractivity contribution in [2.24, 2.45) is 5.92 Å². The molecule has 3 rings (SSSR count). The van der Waals surface area contributed by atoms with Crippen LogP contribution in [0.2, 0.25) is 0 Å². The Balaban J connectivity index is 1.97. The summed E-state index contributed by atoms with van der Waals surface area (Å²) >= 11 is 0. The molecule has 5 nitrogen and oxygen atoms in total. The lowest BCUT2D eigenvalue weighted by Crippen LogP contribution is -2.36. The second-order valence-electron chi connectivity index (χ2n) is 6.23. The molecule has 0 amide bonds. The SMILES string of the molecule is C=C1C(=O)O[C@H]2/C=C(/C)[C@H](O)CC[C@@]3(C)O[C@H]3[C@@H](O)[C@H]12. The molecule has 0 aromatic carbocycles. The summed E-state index contributed by atoms with van der Waals surface area (Å²) in [6.07, 6.45) is 0.642. The number of carbonyl (C=O) groups excluding carboxylic acids is 1. The lowest BCUT2D eigenvalue weighted by molar-refractivity contribution is -0.137. The third-order valence-corrected chi connectivity index (χ3v) is 4.75. The van der Waals surface area contributed by atoms with Crippen LogP contribution < -0.4 is 0 Å². The van der Waals surface area contributed by atoms with Gasteiger partial charge in [0.2, 0.25) is 0 Å². The van der Waals surface area contributed by atoms with E-state index < -0.39 is 35.8 Å². The molecule has 0 aromatic heterocycles. The van der Waals surface area contributed by atoms with E-state index in [1.807, 2.05) is 6.92 Å². The lowest BCUT2D eigenvalue weighted by atomic mass is 9.82. The number of aliphatic hydroxyl groups is 2. The van der Waals surface area contributed by atoms with Crippen molar-refractivity contribution in [1.29, 1.82) is 0 Å². The summed E-state index contributed by atoms with van der Waals surface area (Å²) < 4.78 is 10.9. The number of epoxide rings is 1. The van der Waals surface area contributed by atoms with Gasteiger partial charge in [0.15, 0.2) is 0 Å².